The van der Waals surface area contributed by atoms with Gasteiger partial charge in [0.25, 0.3) is 7.44 Å². The average molecular weight is 395 g/mol. The summed E-state index contributed by atoms with van der Waals surface area (Å²) in [6.07, 6.45) is 0.732. The summed E-state index contributed by atoms with van der Waals surface area (Å²) in [5, 5.41) is 0. The molecule has 3 aliphatic rings. The SMILES string of the molecule is O=P(C[NH+]1CCN(c2ccccc2)CC1)(N1CCOCC1)N1CCOCC1. The minimum absolute atomic E-state index is 0.686. The number of ether oxygens (including phenoxy) is 2. The molecule has 0 saturated carbocycles. The van der Waals surface area contributed by atoms with Gasteiger partial charge in [0.05, 0.1) is 52.6 Å². The van der Waals surface area contributed by atoms with Crippen molar-refractivity contribution in [3.63, 3.8) is 0 Å². The smallest absolute Gasteiger partial charge is 0.269 e. The number of nitrogens with one attached hydrogen (secondary N) is 1. The van der Waals surface area contributed by atoms with Crippen LogP contribution in [0.15, 0.2) is 30.3 Å². The summed E-state index contributed by atoms with van der Waals surface area (Å²) in [7, 11) is -2.58. The summed E-state index contributed by atoms with van der Waals surface area (Å²) in [5.41, 5.74) is 1.29. The van der Waals surface area contributed by atoms with Gasteiger partial charge < -0.3 is 19.3 Å². The fourth-order valence-corrected chi connectivity index (χ4v) is 7.51. The molecule has 0 bridgehead atoms. The number of benzene rings is 1. The Labute approximate surface area is 162 Å². The zero-order chi connectivity index (χ0) is 18.5. The standard InChI is InChI=1S/C19H31N4O3P/c24-27(22-10-14-25-15-11-22,23-12-16-26-17-13-23)18-20-6-8-21(9-7-20)19-4-2-1-3-5-19/h1-5H,6-18H2/p+1. The Hall–Kier alpha value is -0.950. The topological polar surface area (TPSA) is 49.7 Å². The lowest BCUT2D eigenvalue weighted by atomic mass is 10.2. The molecule has 4 rings (SSSR count). The third-order valence-corrected chi connectivity index (χ3v) is 9.31. The summed E-state index contributed by atoms with van der Waals surface area (Å²) in [4.78, 5) is 3.90. The first-order valence-corrected chi connectivity index (χ1v) is 11.9. The fraction of sp³-hybridized carbons (Fsp3) is 0.684. The lowest BCUT2D eigenvalue weighted by Crippen LogP contribution is -3.15. The van der Waals surface area contributed by atoms with Crippen molar-refractivity contribution in [2.24, 2.45) is 0 Å². The summed E-state index contributed by atoms with van der Waals surface area (Å²) < 4.78 is 29.7. The molecule has 0 unspecified atom stereocenters. The molecule has 0 spiro atoms. The molecule has 0 radical (unpaired) electrons. The van der Waals surface area contributed by atoms with Crippen molar-refractivity contribution in [2.75, 3.05) is 90.0 Å². The maximum absolute atomic E-state index is 14.2. The van der Waals surface area contributed by atoms with Crippen molar-refractivity contribution >= 4 is 13.1 Å². The lowest BCUT2D eigenvalue weighted by Gasteiger charge is -2.44. The quantitative estimate of drug-likeness (QED) is 0.720. The molecular formula is C19H32N4O3P+. The first kappa shape index (κ1) is 19.4. The highest BCUT2D eigenvalue weighted by molar-refractivity contribution is 7.58. The van der Waals surface area contributed by atoms with Crippen molar-refractivity contribution in [2.45, 2.75) is 0 Å². The predicted octanol–water partition coefficient (Wildman–Crippen LogP) is 0.207. The summed E-state index contributed by atoms with van der Waals surface area (Å²) in [6, 6.07) is 10.6. The van der Waals surface area contributed by atoms with E-state index in [1.54, 1.807) is 0 Å². The molecule has 0 aliphatic carbocycles. The Balaban J connectivity index is 1.42. The van der Waals surface area contributed by atoms with E-state index in [2.05, 4.69) is 44.6 Å². The zero-order valence-corrected chi connectivity index (χ0v) is 17.0. The molecule has 1 aromatic rings. The molecule has 8 heteroatoms. The Morgan fingerprint density at radius 2 is 1.33 bits per heavy atom. The number of anilines is 1. The molecule has 3 heterocycles. The van der Waals surface area contributed by atoms with Crippen LogP contribution in [0.2, 0.25) is 0 Å². The van der Waals surface area contributed by atoms with E-state index in [9.17, 15) is 4.57 Å². The van der Waals surface area contributed by atoms with Crippen LogP contribution in [0, 0.1) is 0 Å². The minimum Gasteiger partial charge on any atom is -0.379 e. The Morgan fingerprint density at radius 3 is 1.85 bits per heavy atom. The number of para-hydroxylation sites is 1. The molecule has 1 aromatic carbocycles. The van der Waals surface area contributed by atoms with E-state index in [-0.39, 0.29) is 0 Å². The number of piperazine rings is 1. The molecule has 150 valence electrons. The van der Waals surface area contributed by atoms with Crippen LogP contribution in [0.5, 0.6) is 0 Å². The molecule has 0 atom stereocenters. The van der Waals surface area contributed by atoms with Crippen molar-refractivity contribution in [3.05, 3.63) is 30.3 Å². The van der Waals surface area contributed by atoms with Gasteiger partial charge >= 0.3 is 0 Å². The molecule has 0 amide bonds. The fourth-order valence-electron chi connectivity index (χ4n) is 4.28. The molecule has 27 heavy (non-hydrogen) atoms. The van der Waals surface area contributed by atoms with E-state index < -0.39 is 7.44 Å². The summed E-state index contributed by atoms with van der Waals surface area (Å²) in [5.74, 6) is 0. The van der Waals surface area contributed by atoms with E-state index in [0.717, 1.165) is 58.6 Å². The van der Waals surface area contributed by atoms with Crippen LogP contribution in [0.1, 0.15) is 0 Å². The average Bonchev–Trinajstić information content (AvgIpc) is 2.76. The van der Waals surface area contributed by atoms with Gasteiger partial charge in [-0.2, -0.15) is 0 Å². The van der Waals surface area contributed by atoms with Gasteiger partial charge in [-0.1, -0.05) is 18.2 Å². The van der Waals surface area contributed by atoms with Crippen molar-refractivity contribution in [3.8, 4) is 0 Å². The molecular weight excluding hydrogens is 363 g/mol. The third kappa shape index (κ3) is 4.56. The second-order valence-electron chi connectivity index (χ2n) is 7.53. The molecule has 3 aliphatic heterocycles. The third-order valence-electron chi connectivity index (χ3n) is 5.88. The number of morpholine rings is 2. The van der Waals surface area contributed by atoms with Crippen molar-refractivity contribution < 1.29 is 18.9 Å². The Morgan fingerprint density at radius 1 is 0.815 bits per heavy atom. The second kappa shape index (κ2) is 9.03. The first-order chi connectivity index (χ1) is 13.3. The monoisotopic (exact) mass is 395 g/mol. The maximum Gasteiger partial charge on any atom is 0.269 e. The predicted molar refractivity (Wildman–Crippen MR) is 107 cm³/mol. The molecule has 3 fully saturated rings. The van der Waals surface area contributed by atoms with E-state index in [1.807, 2.05) is 0 Å². The highest BCUT2D eigenvalue weighted by Gasteiger charge is 2.42. The van der Waals surface area contributed by atoms with Gasteiger partial charge in [0, 0.05) is 31.9 Å². The summed E-state index contributed by atoms with van der Waals surface area (Å²) in [6.45, 7) is 9.96. The van der Waals surface area contributed by atoms with Gasteiger partial charge in [0.1, 0.15) is 0 Å². The normalized spacial score (nSPS) is 24.2. The van der Waals surface area contributed by atoms with Crippen molar-refractivity contribution in [1.29, 1.82) is 0 Å². The number of rotatable bonds is 5. The highest BCUT2D eigenvalue weighted by Crippen LogP contribution is 2.52. The molecule has 1 N–H and O–H groups in total. The molecule has 7 nitrogen and oxygen atoms in total. The van der Waals surface area contributed by atoms with Crippen molar-refractivity contribution in [1.82, 2.24) is 9.34 Å². The second-order valence-corrected chi connectivity index (χ2v) is 10.3. The van der Waals surface area contributed by atoms with Gasteiger partial charge in [0.15, 0.2) is 6.29 Å². The maximum atomic E-state index is 14.2. The number of quaternary nitrogens is 1. The zero-order valence-electron chi connectivity index (χ0n) is 16.1. The van der Waals surface area contributed by atoms with Crippen LogP contribution >= 0.6 is 7.44 Å². The van der Waals surface area contributed by atoms with Crippen LogP contribution < -0.4 is 9.80 Å². The van der Waals surface area contributed by atoms with Crippen LogP contribution in [0.4, 0.5) is 5.69 Å². The Kier molecular flexibility index (Phi) is 6.48. The minimum atomic E-state index is -2.58. The van der Waals surface area contributed by atoms with E-state index in [4.69, 9.17) is 9.47 Å². The van der Waals surface area contributed by atoms with Crippen LogP contribution in [-0.2, 0) is 14.0 Å². The first-order valence-electron chi connectivity index (χ1n) is 10.1. The molecule has 3 saturated heterocycles. The largest absolute Gasteiger partial charge is 0.379 e. The van der Waals surface area contributed by atoms with E-state index in [0.29, 0.717) is 26.4 Å². The van der Waals surface area contributed by atoms with E-state index in [1.165, 1.54) is 10.6 Å². The van der Waals surface area contributed by atoms with Gasteiger partial charge in [-0.25, -0.2) is 9.34 Å². The van der Waals surface area contributed by atoms with Crippen LogP contribution in [-0.4, -0.2) is 94.4 Å². The van der Waals surface area contributed by atoms with Crippen LogP contribution in [0.3, 0.4) is 0 Å². The highest BCUT2D eigenvalue weighted by atomic mass is 31.2. The van der Waals surface area contributed by atoms with Gasteiger partial charge in [-0.05, 0) is 12.1 Å². The number of nitrogens with zero attached hydrogens (tertiary/aromatic N) is 3. The summed E-state index contributed by atoms with van der Waals surface area (Å²) >= 11 is 0. The van der Waals surface area contributed by atoms with Gasteiger partial charge in [-0.15, -0.1) is 0 Å². The van der Waals surface area contributed by atoms with E-state index >= 15 is 0 Å². The number of hydrogen-bond acceptors (Lipinski definition) is 4. The number of hydrogen-bond donors (Lipinski definition) is 1. The van der Waals surface area contributed by atoms with Gasteiger partial charge in [0.2, 0.25) is 0 Å². The molecule has 0 aromatic heterocycles. The Bertz CT molecular complexity index is 605. The van der Waals surface area contributed by atoms with Gasteiger partial charge in [-0.3, -0.25) is 4.57 Å². The lowest BCUT2D eigenvalue weighted by molar-refractivity contribution is -0.889. The van der Waals surface area contributed by atoms with Crippen LogP contribution in [0.25, 0.3) is 0 Å².